The average molecular weight is 527 g/mol. The van der Waals surface area contributed by atoms with Crippen molar-refractivity contribution in [3.05, 3.63) is 5.56 Å². The molecule has 9 rings (SSSR count). The summed E-state index contributed by atoms with van der Waals surface area (Å²) in [7, 11) is 0. The molecule has 0 saturated heterocycles. The molecule has 7 heteroatoms. The van der Waals surface area contributed by atoms with Crippen LogP contribution in [0.5, 0.6) is 0 Å². The average Bonchev–Trinajstić information content (AvgIpc) is 3.21. The van der Waals surface area contributed by atoms with Gasteiger partial charge in [0.2, 0.25) is 0 Å². The molecule has 1 aromatic rings. The molecule has 8 bridgehead atoms. The van der Waals surface area contributed by atoms with Gasteiger partial charge in [0.1, 0.15) is 32.4 Å². The smallest absolute Gasteiger partial charge is 0.149 e. The summed E-state index contributed by atoms with van der Waals surface area (Å²) in [6, 6.07) is 2.35. The van der Waals surface area contributed by atoms with E-state index < -0.39 is 0 Å². The SMILES string of the molecule is N#Cc1c(SCC(=O)C23CC4CC(CC(C4)C2)C3)nsc1SCC(=O)C12CC3CC(CC(C3)C1)C2. The number of carbonyl (C=O) groups is 2. The van der Waals surface area contributed by atoms with Crippen LogP contribution in [0.3, 0.4) is 0 Å². The van der Waals surface area contributed by atoms with Crippen molar-refractivity contribution in [1.29, 1.82) is 5.26 Å². The van der Waals surface area contributed by atoms with Gasteiger partial charge in [0.05, 0.1) is 11.5 Å². The van der Waals surface area contributed by atoms with E-state index in [0.717, 1.165) is 78.2 Å². The number of Topliss-reactive ketones (excluding diaryl/α,β-unsaturated/α-hetero) is 2. The van der Waals surface area contributed by atoms with Gasteiger partial charge < -0.3 is 0 Å². The number of hydrogen-bond donors (Lipinski definition) is 0. The molecule has 0 aromatic carbocycles. The topological polar surface area (TPSA) is 70.8 Å². The molecular formula is C28H34N2O2S3. The van der Waals surface area contributed by atoms with E-state index in [0.29, 0.717) is 33.7 Å². The van der Waals surface area contributed by atoms with E-state index in [2.05, 4.69) is 10.4 Å². The van der Waals surface area contributed by atoms with Gasteiger partial charge in [-0.2, -0.15) is 9.64 Å². The summed E-state index contributed by atoms with van der Waals surface area (Å²) in [6.45, 7) is 0. The van der Waals surface area contributed by atoms with Gasteiger partial charge in [-0.3, -0.25) is 9.59 Å². The standard InChI is InChI=1S/C28H34N2O2S3/c29-13-22-25(33-14-23(31)27-7-16-1-17(8-27)3-18(2-16)9-27)30-35-26(22)34-15-24(32)28-10-19-4-20(11-28)6-21(5-19)12-28/h16-21H,1-12,14-15H2. The van der Waals surface area contributed by atoms with Crippen LogP contribution in [-0.2, 0) is 9.59 Å². The van der Waals surface area contributed by atoms with Gasteiger partial charge >= 0.3 is 0 Å². The van der Waals surface area contributed by atoms with Gasteiger partial charge in [-0.15, -0.1) is 11.8 Å². The first kappa shape index (κ1) is 23.3. The quantitative estimate of drug-likeness (QED) is 0.348. The zero-order chi connectivity index (χ0) is 23.8. The van der Waals surface area contributed by atoms with Crippen molar-refractivity contribution >= 4 is 46.6 Å². The molecule has 186 valence electrons. The van der Waals surface area contributed by atoms with Crippen LogP contribution in [-0.4, -0.2) is 27.4 Å². The Balaban J connectivity index is 0.993. The Morgan fingerprint density at radius 1 is 0.771 bits per heavy atom. The van der Waals surface area contributed by atoms with E-state index in [1.165, 1.54) is 73.6 Å². The molecule has 0 unspecified atom stereocenters. The van der Waals surface area contributed by atoms with Crippen molar-refractivity contribution in [3.63, 3.8) is 0 Å². The van der Waals surface area contributed by atoms with Crippen molar-refractivity contribution in [2.24, 2.45) is 46.3 Å². The molecule has 8 aliphatic rings. The molecule has 1 aromatic heterocycles. The number of thioether (sulfide) groups is 2. The van der Waals surface area contributed by atoms with E-state index in [9.17, 15) is 14.9 Å². The second-order valence-corrected chi connectivity index (χ2v) is 16.1. The predicted molar refractivity (Wildman–Crippen MR) is 140 cm³/mol. The van der Waals surface area contributed by atoms with Gasteiger partial charge in [-0.25, -0.2) is 0 Å². The van der Waals surface area contributed by atoms with Crippen molar-refractivity contribution in [1.82, 2.24) is 4.37 Å². The fraction of sp³-hybridized carbons (Fsp3) is 0.786. The molecule has 0 aliphatic heterocycles. The van der Waals surface area contributed by atoms with Gasteiger partial charge in [0, 0.05) is 10.8 Å². The van der Waals surface area contributed by atoms with Crippen LogP contribution in [0.25, 0.3) is 0 Å². The molecule has 8 aliphatic carbocycles. The highest BCUT2D eigenvalue weighted by molar-refractivity contribution is 8.02. The minimum atomic E-state index is -0.0908. The molecule has 8 saturated carbocycles. The van der Waals surface area contributed by atoms with Crippen molar-refractivity contribution in [3.8, 4) is 6.07 Å². The van der Waals surface area contributed by atoms with Gasteiger partial charge in [-0.1, -0.05) is 11.8 Å². The Bertz CT molecular complexity index is 954. The molecular weight excluding hydrogens is 493 g/mol. The highest BCUT2D eigenvalue weighted by Gasteiger charge is 2.55. The first-order valence-corrected chi connectivity index (χ1v) is 16.4. The van der Waals surface area contributed by atoms with Gasteiger partial charge in [0.25, 0.3) is 0 Å². The zero-order valence-electron chi connectivity index (χ0n) is 20.3. The molecule has 8 fully saturated rings. The Morgan fingerprint density at radius 2 is 1.17 bits per heavy atom. The summed E-state index contributed by atoms with van der Waals surface area (Å²) in [5.41, 5.74) is 0.412. The van der Waals surface area contributed by atoms with Crippen LogP contribution in [0.1, 0.15) is 82.6 Å². The summed E-state index contributed by atoms with van der Waals surface area (Å²) in [5.74, 6) is 6.28. The Morgan fingerprint density at radius 3 is 1.57 bits per heavy atom. The van der Waals surface area contributed by atoms with Crippen LogP contribution < -0.4 is 0 Å². The lowest BCUT2D eigenvalue weighted by Crippen LogP contribution is -2.50. The number of nitrogens with zero attached hydrogens (tertiary/aromatic N) is 2. The summed E-state index contributed by atoms with van der Waals surface area (Å²) < 4.78 is 5.43. The highest BCUT2D eigenvalue weighted by Crippen LogP contribution is 2.62. The first-order valence-electron chi connectivity index (χ1n) is 13.7. The number of hydrogen-bond acceptors (Lipinski definition) is 7. The van der Waals surface area contributed by atoms with Crippen LogP contribution in [0.15, 0.2) is 9.24 Å². The molecule has 0 amide bonds. The maximum absolute atomic E-state index is 13.4. The Labute approximate surface area is 220 Å². The van der Waals surface area contributed by atoms with Crippen LogP contribution in [0.2, 0.25) is 0 Å². The zero-order valence-corrected chi connectivity index (χ0v) is 22.7. The highest BCUT2D eigenvalue weighted by atomic mass is 32.2. The lowest BCUT2D eigenvalue weighted by atomic mass is 9.48. The second kappa shape index (κ2) is 8.60. The van der Waals surface area contributed by atoms with Crippen molar-refractivity contribution < 1.29 is 9.59 Å². The maximum Gasteiger partial charge on any atom is 0.149 e. The van der Waals surface area contributed by atoms with Crippen molar-refractivity contribution in [2.75, 3.05) is 11.5 Å². The number of carbonyl (C=O) groups excluding carboxylic acids is 2. The van der Waals surface area contributed by atoms with Gasteiger partial charge in [-0.05, 0) is 124 Å². The van der Waals surface area contributed by atoms with Crippen molar-refractivity contribution in [2.45, 2.75) is 86.3 Å². The fourth-order valence-corrected chi connectivity index (χ4v) is 13.2. The minimum Gasteiger partial charge on any atom is -0.298 e. The second-order valence-electron chi connectivity index (χ2n) is 13.1. The third kappa shape index (κ3) is 3.96. The third-order valence-electron chi connectivity index (χ3n) is 10.7. The van der Waals surface area contributed by atoms with Crippen LogP contribution in [0.4, 0.5) is 0 Å². The molecule has 0 radical (unpaired) electrons. The molecule has 0 spiro atoms. The molecule has 0 atom stereocenters. The summed E-state index contributed by atoms with van der Waals surface area (Å²) in [4.78, 5) is 26.8. The molecule has 1 heterocycles. The largest absolute Gasteiger partial charge is 0.298 e. The Hall–Kier alpha value is -0.840. The van der Waals surface area contributed by atoms with Gasteiger partial charge in [0.15, 0.2) is 0 Å². The summed E-state index contributed by atoms with van der Waals surface area (Å²) >= 11 is 4.31. The third-order valence-corrected chi connectivity index (χ3v) is 13.9. The van der Waals surface area contributed by atoms with E-state index in [4.69, 9.17) is 0 Å². The predicted octanol–water partition coefficient (Wildman–Crippen LogP) is 6.77. The van der Waals surface area contributed by atoms with E-state index >= 15 is 0 Å². The minimum absolute atomic E-state index is 0.0822. The van der Waals surface area contributed by atoms with Crippen LogP contribution >= 0.6 is 35.1 Å². The van der Waals surface area contributed by atoms with Crippen LogP contribution in [0, 0.1) is 57.7 Å². The monoisotopic (exact) mass is 526 g/mol. The Kier molecular flexibility index (Phi) is 5.72. The maximum atomic E-state index is 13.4. The number of ketones is 2. The summed E-state index contributed by atoms with van der Waals surface area (Å²) in [6.07, 6.45) is 14.6. The fourth-order valence-electron chi connectivity index (χ4n) is 10.0. The number of nitriles is 1. The number of rotatable bonds is 8. The lowest BCUT2D eigenvalue weighted by molar-refractivity contribution is -0.141. The molecule has 4 nitrogen and oxygen atoms in total. The lowest BCUT2D eigenvalue weighted by Gasteiger charge is -2.56. The van der Waals surface area contributed by atoms with E-state index in [-0.39, 0.29) is 10.8 Å². The molecule has 0 N–H and O–H groups in total. The molecule has 35 heavy (non-hydrogen) atoms. The first-order chi connectivity index (χ1) is 16.9. The van der Waals surface area contributed by atoms with E-state index in [1.54, 1.807) is 0 Å². The number of aromatic nitrogens is 1. The van der Waals surface area contributed by atoms with E-state index in [1.807, 2.05) is 0 Å². The normalized spacial score (nSPS) is 42.4. The summed E-state index contributed by atoms with van der Waals surface area (Å²) in [5, 5.41) is 10.6.